The maximum absolute atomic E-state index is 13.9. The Morgan fingerprint density at radius 3 is 2.77 bits per heavy atom. The molecule has 1 aliphatic carbocycles. The molecule has 2 aliphatic heterocycles. The van der Waals surface area contributed by atoms with Crippen molar-refractivity contribution in [1.29, 1.82) is 0 Å². The molecule has 5 rings (SSSR count). The molecule has 1 amide bonds. The molecule has 26 heavy (non-hydrogen) atoms. The van der Waals surface area contributed by atoms with E-state index in [1.807, 2.05) is 16.7 Å². The predicted octanol–water partition coefficient (Wildman–Crippen LogP) is 1.61. The van der Waals surface area contributed by atoms with Gasteiger partial charge in [-0.2, -0.15) is 0 Å². The lowest BCUT2D eigenvalue weighted by molar-refractivity contribution is 0.0932. The van der Waals surface area contributed by atoms with Crippen molar-refractivity contribution in [3.05, 3.63) is 47.3 Å². The first-order chi connectivity index (χ1) is 12.7. The number of hydrogen-bond acceptors (Lipinski definition) is 4. The molecule has 1 saturated heterocycles. The van der Waals surface area contributed by atoms with Gasteiger partial charge in [0.25, 0.3) is 5.91 Å². The lowest BCUT2D eigenvalue weighted by Gasteiger charge is -2.25. The molecule has 3 aliphatic rings. The van der Waals surface area contributed by atoms with Crippen LogP contribution in [0, 0.1) is 17.7 Å². The van der Waals surface area contributed by atoms with Gasteiger partial charge in [-0.3, -0.25) is 9.69 Å². The van der Waals surface area contributed by atoms with Crippen LogP contribution in [0.1, 0.15) is 34.8 Å². The van der Waals surface area contributed by atoms with Crippen molar-refractivity contribution in [3.63, 3.8) is 0 Å². The summed E-state index contributed by atoms with van der Waals surface area (Å²) in [5, 5.41) is 11.4. The van der Waals surface area contributed by atoms with Crippen LogP contribution in [0.25, 0.3) is 0 Å². The van der Waals surface area contributed by atoms with Crippen LogP contribution in [-0.2, 0) is 19.5 Å². The van der Waals surface area contributed by atoms with Gasteiger partial charge < -0.3 is 9.88 Å². The fraction of sp³-hybridized carbons (Fsp3) is 0.526. The number of rotatable bonds is 4. The predicted molar refractivity (Wildman–Crippen MR) is 92.9 cm³/mol. The zero-order chi connectivity index (χ0) is 17.7. The van der Waals surface area contributed by atoms with E-state index in [1.54, 1.807) is 6.07 Å². The summed E-state index contributed by atoms with van der Waals surface area (Å²) in [6, 6.07) is 7.29. The van der Waals surface area contributed by atoms with E-state index in [2.05, 4.69) is 20.4 Å². The molecule has 2 aromatic rings. The second-order valence-corrected chi connectivity index (χ2v) is 7.81. The summed E-state index contributed by atoms with van der Waals surface area (Å²) < 4.78 is 15.9. The SMILES string of the molecule is O=C(NC1CC1)c1nnc2n1C[C@@H]1CN(Cc3ccccc3F)C[C@H]1C2. The van der Waals surface area contributed by atoms with E-state index < -0.39 is 0 Å². The smallest absolute Gasteiger partial charge is 0.289 e. The molecule has 0 unspecified atom stereocenters. The van der Waals surface area contributed by atoms with E-state index in [-0.39, 0.29) is 11.7 Å². The van der Waals surface area contributed by atoms with Crippen LogP contribution < -0.4 is 5.32 Å². The van der Waals surface area contributed by atoms with Crippen molar-refractivity contribution in [3.8, 4) is 0 Å². The van der Waals surface area contributed by atoms with E-state index >= 15 is 0 Å². The average molecular weight is 355 g/mol. The van der Waals surface area contributed by atoms with Gasteiger partial charge in [0.05, 0.1) is 0 Å². The quantitative estimate of drug-likeness (QED) is 0.905. The molecule has 1 aromatic heterocycles. The molecular weight excluding hydrogens is 333 g/mol. The fourth-order valence-corrected chi connectivity index (χ4v) is 4.26. The van der Waals surface area contributed by atoms with E-state index in [1.165, 1.54) is 6.07 Å². The van der Waals surface area contributed by atoms with E-state index in [0.29, 0.717) is 30.2 Å². The Bertz CT molecular complexity index is 846. The third kappa shape index (κ3) is 2.90. The summed E-state index contributed by atoms with van der Waals surface area (Å²) in [5.41, 5.74) is 0.745. The summed E-state index contributed by atoms with van der Waals surface area (Å²) in [5.74, 6) is 2.05. The molecule has 2 fully saturated rings. The molecule has 0 bridgehead atoms. The van der Waals surface area contributed by atoms with Crippen LogP contribution in [0.4, 0.5) is 4.39 Å². The Hall–Kier alpha value is -2.28. The van der Waals surface area contributed by atoms with Crippen LogP contribution in [0.5, 0.6) is 0 Å². The number of amides is 1. The van der Waals surface area contributed by atoms with Crippen LogP contribution in [-0.4, -0.2) is 44.7 Å². The third-order valence-electron chi connectivity index (χ3n) is 5.81. The Morgan fingerprint density at radius 2 is 1.96 bits per heavy atom. The van der Waals surface area contributed by atoms with Crippen molar-refractivity contribution in [1.82, 2.24) is 25.0 Å². The summed E-state index contributed by atoms with van der Waals surface area (Å²) >= 11 is 0. The largest absolute Gasteiger partial charge is 0.347 e. The third-order valence-corrected chi connectivity index (χ3v) is 5.81. The molecule has 2 atom stereocenters. The number of benzene rings is 1. The second-order valence-electron chi connectivity index (χ2n) is 7.81. The normalized spacial score (nSPS) is 25.0. The highest BCUT2D eigenvalue weighted by molar-refractivity contribution is 5.91. The number of carbonyl (C=O) groups is 1. The molecule has 0 radical (unpaired) electrons. The van der Waals surface area contributed by atoms with Crippen LogP contribution in [0.2, 0.25) is 0 Å². The van der Waals surface area contributed by atoms with Gasteiger partial charge in [0.1, 0.15) is 11.6 Å². The highest BCUT2D eigenvalue weighted by Crippen LogP contribution is 2.33. The number of likely N-dealkylation sites (tertiary alicyclic amines) is 1. The molecule has 1 saturated carbocycles. The summed E-state index contributed by atoms with van der Waals surface area (Å²) in [4.78, 5) is 14.7. The van der Waals surface area contributed by atoms with E-state index in [4.69, 9.17) is 0 Å². The highest BCUT2D eigenvalue weighted by atomic mass is 19.1. The van der Waals surface area contributed by atoms with Crippen LogP contribution >= 0.6 is 0 Å². The highest BCUT2D eigenvalue weighted by Gasteiger charge is 2.39. The minimum atomic E-state index is -0.140. The first-order valence-corrected chi connectivity index (χ1v) is 9.36. The molecule has 6 nitrogen and oxygen atoms in total. The molecule has 3 heterocycles. The van der Waals surface area contributed by atoms with Crippen LogP contribution in [0.3, 0.4) is 0 Å². The van der Waals surface area contributed by atoms with Crippen molar-refractivity contribution in [2.24, 2.45) is 11.8 Å². The van der Waals surface area contributed by atoms with Crippen molar-refractivity contribution in [2.75, 3.05) is 13.1 Å². The minimum Gasteiger partial charge on any atom is -0.347 e. The number of fused-ring (bicyclic) bond motifs is 2. The lowest BCUT2D eigenvalue weighted by Crippen LogP contribution is -2.33. The molecule has 0 spiro atoms. The molecular formula is C19H22FN5O. The Labute approximate surface area is 151 Å². The zero-order valence-electron chi connectivity index (χ0n) is 14.6. The number of hydrogen-bond donors (Lipinski definition) is 1. The maximum atomic E-state index is 13.9. The molecule has 1 aromatic carbocycles. The fourth-order valence-electron chi connectivity index (χ4n) is 4.26. The Morgan fingerprint density at radius 1 is 1.15 bits per heavy atom. The number of aromatic nitrogens is 3. The monoisotopic (exact) mass is 355 g/mol. The molecule has 7 heteroatoms. The van der Waals surface area contributed by atoms with Gasteiger partial charge in [-0.25, -0.2) is 4.39 Å². The molecule has 136 valence electrons. The van der Waals surface area contributed by atoms with E-state index in [9.17, 15) is 9.18 Å². The maximum Gasteiger partial charge on any atom is 0.289 e. The van der Waals surface area contributed by atoms with E-state index in [0.717, 1.165) is 50.3 Å². The number of nitrogens with one attached hydrogen (secondary N) is 1. The Balaban J connectivity index is 1.29. The summed E-state index contributed by atoms with van der Waals surface area (Å²) in [6.07, 6.45) is 2.95. The Kier molecular flexibility index (Phi) is 3.77. The van der Waals surface area contributed by atoms with Gasteiger partial charge in [0.2, 0.25) is 5.82 Å². The average Bonchev–Trinajstić information content (AvgIpc) is 3.20. The lowest BCUT2D eigenvalue weighted by atomic mass is 9.89. The van der Waals surface area contributed by atoms with Gasteiger partial charge in [-0.05, 0) is 30.7 Å². The van der Waals surface area contributed by atoms with Gasteiger partial charge in [-0.1, -0.05) is 18.2 Å². The number of halogens is 1. The molecule has 1 N–H and O–H groups in total. The van der Waals surface area contributed by atoms with Gasteiger partial charge in [0.15, 0.2) is 0 Å². The summed E-state index contributed by atoms with van der Waals surface area (Å²) in [7, 11) is 0. The van der Waals surface area contributed by atoms with Crippen molar-refractivity contribution in [2.45, 2.75) is 38.4 Å². The number of carbonyl (C=O) groups excluding carboxylic acids is 1. The van der Waals surface area contributed by atoms with Gasteiger partial charge in [-0.15, -0.1) is 10.2 Å². The van der Waals surface area contributed by atoms with Crippen molar-refractivity contribution < 1.29 is 9.18 Å². The van der Waals surface area contributed by atoms with Gasteiger partial charge in [0, 0.05) is 44.2 Å². The first kappa shape index (κ1) is 15.9. The van der Waals surface area contributed by atoms with Crippen LogP contribution in [0.15, 0.2) is 24.3 Å². The second kappa shape index (κ2) is 6.16. The zero-order valence-corrected chi connectivity index (χ0v) is 14.6. The topological polar surface area (TPSA) is 63.1 Å². The van der Waals surface area contributed by atoms with Gasteiger partial charge >= 0.3 is 0 Å². The summed E-state index contributed by atoms with van der Waals surface area (Å²) in [6.45, 7) is 3.26. The standard InChI is InChI=1S/C19H22FN5O/c20-16-4-2-1-3-12(16)8-24-9-13-7-17-22-23-18(19(26)21-15-5-6-15)25(17)11-14(13)10-24/h1-4,13-15H,5-11H2,(H,21,26)/t13-,14+/m1/s1. The van der Waals surface area contributed by atoms with Crippen molar-refractivity contribution >= 4 is 5.91 Å². The first-order valence-electron chi connectivity index (χ1n) is 9.36. The number of nitrogens with zero attached hydrogens (tertiary/aromatic N) is 4. The minimum absolute atomic E-state index is 0.106.